The van der Waals surface area contributed by atoms with E-state index in [0.29, 0.717) is 19.1 Å². The molecule has 29 heavy (non-hydrogen) atoms. The number of likely N-dealkylation sites (tertiary alicyclic amines) is 1. The highest BCUT2D eigenvalue weighted by molar-refractivity contribution is 5.76. The molecule has 162 valence electrons. The molecule has 0 radical (unpaired) electrons. The van der Waals surface area contributed by atoms with Crippen LogP contribution in [0.3, 0.4) is 0 Å². The predicted octanol–water partition coefficient (Wildman–Crippen LogP) is 4.19. The number of aryl methyl sites for hydroxylation is 1. The molecule has 2 aliphatic rings. The molecule has 1 saturated heterocycles. The molecule has 0 aromatic heterocycles. The second-order valence-electron chi connectivity index (χ2n) is 8.76. The minimum atomic E-state index is 0.158. The monoisotopic (exact) mass is 402 g/mol. The third-order valence-electron chi connectivity index (χ3n) is 6.36. The second kappa shape index (κ2) is 11.4. The lowest BCUT2D eigenvalue weighted by Crippen LogP contribution is -2.37. The number of methoxy groups -OCH3 is 1. The Labute approximate surface area is 176 Å². The molecular weight excluding hydrogens is 364 g/mol. The van der Waals surface area contributed by atoms with E-state index in [1.165, 1.54) is 45.2 Å². The van der Waals surface area contributed by atoms with Crippen LogP contribution >= 0.6 is 0 Å². The van der Waals surface area contributed by atoms with Gasteiger partial charge in [0.2, 0.25) is 5.91 Å². The van der Waals surface area contributed by atoms with Gasteiger partial charge in [-0.3, -0.25) is 9.69 Å². The average Bonchev–Trinajstić information content (AvgIpc) is 2.75. The normalized spacial score (nSPS) is 22.8. The van der Waals surface area contributed by atoms with E-state index in [4.69, 9.17) is 9.47 Å². The molecule has 1 saturated carbocycles. The fraction of sp³-hybridized carbons (Fsp3) is 0.708. The van der Waals surface area contributed by atoms with Crippen molar-refractivity contribution in [1.29, 1.82) is 0 Å². The topological polar surface area (TPSA) is 50.8 Å². The number of amides is 1. The van der Waals surface area contributed by atoms with E-state index in [9.17, 15) is 4.79 Å². The molecular formula is C24H38N2O3. The molecule has 1 aromatic rings. The summed E-state index contributed by atoms with van der Waals surface area (Å²) in [6.07, 6.45) is 9.86. The molecule has 0 unspecified atom stereocenters. The summed E-state index contributed by atoms with van der Waals surface area (Å²) in [4.78, 5) is 14.8. The largest absolute Gasteiger partial charge is 0.493 e. The highest BCUT2D eigenvalue weighted by Gasteiger charge is 2.19. The third-order valence-corrected chi connectivity index (χ3v) is 6.36. The van der Waals surface area contributed by atoms with Crippen LogP contribution < -0.4 is 14.8 Å². The van der Waals surface area contributed by atoms with Crippen LogP contribution in [-0.4, -0.2) is 50.2 Å². The number of rotatable bonds is 9. The summed E-state index contributed by atoms with van der Waals surface area (Å²) < 4.78 is 11.5. The highest BCUT2D eigenvalue weighted by atomic mass is 16.5. The molecule has 0 spiro atoms. The summed E-state index contributed by atoms with van der Waals surface area (Å²) in [7, 11) is 1.67. The fourth-order valence-electron chi connectivity index (χ4n) is 4.42. The minimum absolute atomic E-state index is 0.158. The maximum absolute atomic E-state index is 12.3. The number of hydrogen-bond donors (Lipinski definition) is 1. The maximum atomic E-state index is 12.3. The van der Waals surface area contributed by atoms with Crippen LogP contribution in [0.5, 0.6) is 11.5 Å². The summed E-state index contributed by atoms with van der Waals surface area (Å²) in [6.45, 7) is 6.30. The van der Waals surface area contributed by atoms with Crippen LogP contribution in [0, 0.1) is 5.92 Å². The molecule has 1 heterocycles. The van der Waals surface area contributed by atoms with Crippen LogP contribution in [0.2, 0.25) is 0 Å². The first-order valence-corrected chi connectivity index (χ1v) is 11.5. The predicted molar refractivity (Wildman–Crippen MR) is 117 cm³/mol. The third kappa shape index (κ3) is 7.22. The first-order valence-electron chi connectivity index (χ1n) is 11.5. The molecule has 1 aromatic carbocycles. The van der Waals surface area contributed by atoms with Crippen molar-refractivity contribution >= 4 is 5.91 Å². The van der Waals surface area contributed by atoms with Gasteiger partial charge in [0.25, 0.3) is 0 Å². The lowest BCUT2D eigenvalue weighted by molar-refractivity contribution is -0.122. The van der Waals surface area contributed by atoms with Gasteiger partial charge in [0.1, 0.15) is 6.61 Å². The van der Waals surface area contributed by atoms with E-state index < -0.39 is 0 Å². The Hall–Kier alpha value is -1.75. The Morgan fingerprint density at radius 2 is 1.86 bits per heavy atom. The van der Waals surface area contributed by atoms with Crippen LogP contribution in [0.4, 0.5) is 0 Å². The zero-order chi connectivity index (χ0) is 20.5. The van der Waals surface area contributed by atoms with Crippen LogP contribution in [0.25, 0.3) is 0 Å². The number of carbonyl (C=O) groups is 1. The number of hydrogen-bond acceptors (Lipinski definition) is 4. The zero-order valence-electron chi connectivity index (χ0n) is 18.3. The SMILES string of the molecule is COc1cc(CCC(=O)NC2CCC(C)CC2)ccc1OCCN1CCCCC1. The summed E-state index contributed by atoms with van der Waals surface area (Å²) in [5, 5.41) is 3.21. The van der Waals surface area contributed by atoms with Gasteiger partial charge in [0.05, 0.1) is 7.11 Å². The molecule has 2 fully saturated rings. The van der Waals surface area contributed by atoms with Gasteiger partial charge in [-0.25, -0.2) is 0 Å². The van der Waals surface area contributed by atoms with Crippen molar-refractivity contribution in [2.45, 2.75) is 70.8 Å². The molecule has 1 aliphatic heterocycles. The van der Waals surface area contributed by atoms with Gasteiger partial charge in [0, 0.05) is 19.0 Å². The summed E-state index contributed by atoms with van der Waals surface area (Å²) in [5.41, 5.74) is 1.11. The smallest absolute Gasteiger partial charge is 0.220 e. The molecule has 1 aliphatic carbocycles. The molecule has 5 nitrogen and oxygen atoms in total. The van der Waals surface area contributed by atoms with E-state index in [2.05, 4.69) is 17.1 Å². The second-order valence-corrected chi connectivity index (χ2v) is 8.76. The van der Waals surface area contributed by atoms with Gasteiger partial charge >= 0.3 is 0 Å². The summed E-state index contributed by atoms with van der Waals surface area (Å²) >= 11 is 0. The van der Waals surface area contributed by atoms with Crippen LogP contribution in [-0.2, 0) is 11.2 Å². The number of ether oxygens (including phenoxy) is 2. The average molecular weight is 403 g/mol. The van der Waals surface area contributed by atoms with Gasteiger partial charge in [-0.05, 0) is 81.6 Å². The highest BCUT2D eigenvalue weighted by Crippen LogP contribution is 2.29. The van der Waals surface area contributed by atoms with Gasteiger partial charge in [-0.15, -0.1) is 0 Å². The number of nitrogens with zero attached hydrogens (tertiary/aromatic N) is 1. The van der Waals surface area contributed by atoms with E-state index >= 15 is 0 Å². The van der Waals surface area contributed by atoms with Gasteiger partial charge < -0.3 is 14.8 Å². The Bertz CT molecular complexity index is 635. The van der Waals surface area contributed by atoms with Crippen molar-refractivity contribution in [3.05, 3.63) is 23.8 Å². The van der Waals surface area contributed by atoms with Crippen LogP contribution in [0.15, 0.2) is 18.2 Å². The van der Waals surface area contributed by atoms with E-state index in [1.54, 1.807) is 7.11 Å². The Morgan fingerprint density at radius 1 is 1.10 bits per heavy atom. The Morgan fingerprint density at radius 3 is 2.59 bits per heavy atom. The van der Waals surface area contributed by atoms with Crippen molar-refractivity contribution in [1.82, 2.24) is 10.2 Å². The number of piperidine rings is 1. The summed E-state index contributed by atoms with van der Waals surface area (Å²) in [6, 6.07) is 6.40. The molecule has 3 rings (SSSR count). The lowest BCUT2D eigenvalue weighted by Gasteiger charge is -2.27. The maximum Gasteiger partial charge on any atom is 0.220 e. The first-order chi connectivity index (χ1) is 14.1. The molecule has 0 bridgehead atoms. The van der Waals surface area contributed by atoms with Crippen LogP contribution in [0.1, 0.15) is 63.9 Å². The van der Waals surface area contributed by atoms with Crippen molar-refractivity contribution in [2.24, 2.45) is 5.92 Å². The standard InChI is InChI=1S/C24H38N2O3/c1-19-6-10-21(11-7-19)25-24(27)13-9-20-8-12-22(23(18-20)28-2)29-17-16-26-14-4-3-5-15-26/h8,12,18-19,21H,3-7,9-11,13-17H2,1-2H3,(H,25,27). The molecule has 0 atom stereocenters. The number of nitrogens with one attached hydrogen (secondary N) is 1. The Kier molecular flexibility index (Phi) is 8.66. The quantitative estimate of drug-likeness (QED) is 0.673. The molecule has 1 N–H and O–H groups in total. The number of carbonyl (C=O) groups excluding carboxylic acids is 1. The van der Waals surface area contributed by atoms with E-state index in [-0.39, 0.29) is 5.91 Å². The van der Waals surface area contributed by atoms with Gasteiger partial charge in [-0.1, -0.05) is 19.4 Å². The number of benzene rings is 1. The summed E-state index contributed by atoms with van der Waals surface area (Å²) in [5.74, 6) is 2.50. The molecule has 5 heteroatoms. The van der Waals surface area contributed by atoms with Crippen molar-refractivity contribution in [3.63, 3.8) is 0 Å². The van der Waals surface area contributed by atoms with Crippen molar-refractivity contribution in [2.75, 3.05) is 33.4 Å². The minimum Gasteiger partial charge on any atom is -0.493 e. The fourth-order valence-corrected chi connectivity index (χ4v) is 4.42. The van der Waals surface area contributed by atoms with E-state index in [1.807, 2.05) is 18.2 Å². The first kappa shape index (κ1) is 21.9. The molecule has 1 amide bonds. The van der Waals surface area contributed by atoms with Crippen molar-refractivity contribution in [3.8, 4) is 11.5 Å². The zero-order valence-corrected chi connectivity index (χ0v) is 18.3. The lowest BCUT2D eigenvalue weighted by atomic mass is 9.87. The van der Waals surface area contributed by atoms with E-state index in [0.717, 1.165) is 48.8 Å². The Balaban J connectivity index is 1.42. The van der Waals surface area contributed by atoms with Crippen molar-refractivity contribution < 1.29 is 14.3 Å². The van der Waals surface area contributed by atoms with Gasteiger partial charge in [-0.2, -0.15) is 0 Å². The van der Waals surface area contributed by atoms with Gasteiger partial charge in [0.15, 0.2) is 11.5 Å².